The first-order chi connectivity index (χ1) is 10.2. The van der Waals surface area contributed by atoms with Crippen molar-refractivity contribution in [3.8, 4) is 0 Å². The van der Waals surface area contributed by atoms with Crippen molar-refractivity contribution in [2.45, 2.75) is 43.9 Å². The second-order valence-corrected chi connectivity index (χ2v) is 6.31. The van der Waals surface area contributed by atoms with Gasteiger partial charge < -0.3 is 10.2 Å². The summed E-state index contributed by atoms with van der Waals surface area (Å²) in [6, 6.07) is 1.58. The number of rotatable bonds is 8. The van der Waals surface area contributed by atoms with E-state index in [2.05, 4.69) is 0 Å². The Labute approximate surface area is 128 Å². The van der Waals surface area contributed by atoms with Gasteiger partial charge in [-0.05, 0) is 30.5 Å². The molecular weight excluding hydrogens is 312 g/mol. The smallest absolute Gasteiger partial charge is 0.336 e. The van der Waals surface area contributed by atoms with Crippen LogP contribution in [0, 0.1) is 0 Å². The minimum absolute atomic E-state index is 0.0727. The third-order valence-electron chi connectivity index (χ3n) is 3.26. The van der Waals surface area contributed by atoms with E-state index >= 15 is 0 Å². The molecule has 0 aliphatic heterocycles. The maximum absolute atomic E-state index is 11.3. The second-order valence-electron chi connectivity index (χ2n) is 4.89. The van der Waals surface area contributed by atoms with Crippen molar-refractivity contribution in [1.82, 2.24) is 0 Å². The lowest BCUT2D eigenvalue weighted by Crippen LogP contribution is -2.13. The lowest BCUT2D eigenvalue weighted by Gasteiger charge is -2.12. The minimum atomic E-state index is -4.69. The van der Waals surface area contributed by atoms with Crippen LogP contribution in [0.5, 0.6) is 0 Å². The molecule has 1 rings (SSSR count). The molecule has 0 bridgehead atoms. The van der Waals surface area contributed by atoms with Gasteiger partial charge in [0.25, 0.3) is 10.1 Å². The van der Waals surface area contributed by atoms with Crippen LogP contribution in [0.3, 0.4) is 0 Å². The largest absolute Gasteiger partial charge is 0.478 e. The zero-order chi connectivity index (χ0) is 16.9. The van der Waals surface area contributed by atoms with E-state index in [1.807, 2.05) is 6.92 Å². The molecule has 0 heterocycles. The van der Waals surface area contributed by atoms with Gasteiger partial charge in [-0.15, -0.1) is 0 Å². The molecule has 0 amide bonds. The van der Waals surface area contributed by atoms with E-state index in [0.29, 0.717) is 6.42 Å². The standard InChI is InChI=1S/C14H18O7S/c1-2-3-4-5-6-10-11(13(15)16)7-9(22(19,20)21)8-12(10)14(17)18/h7-8H,2-6H2,1H3,(H,15,16)(H,17,18)(H,19,20,21). The minimum Gasteiger partial charge on any atom is -0.478 e. The Kier molecular flexibility index (Phi) is 6.07. The number of hydrogen-bond donors (Lipinski definition) is 3. The monoisotopic (exact) mass is 330 g/mol. The Hall–Kier alpha value is -1.93. The Morgan fingerprint density at radius 2 is 1.50 bits per heavy atom. The molecule has 0 atom stereocenters. The number of hydrogen-bond acceptors (Lipinski definition) is 4. The van der Waals surface area contributed by atoms with Gasteiger partial charge >= 0.3 is 11.9 Å². The van der Waals surface area contributed by atoms with Crippen LogP contribution in [0.1, 0.15) is 58.9 Å². The second kappa shape index (κ2) is 7.37. The zero-order valence-corrected chi connectivity index (χ0v) is 12.9. The number of benzene rings is 1. The van der Waals surface area contributed by atoms with Gasteiger partial charge in [-0.1, -0.05) is 26.2 Å². The maximum atomic E-state index is 11.3. The average Bonchev–Trinajstić information content (AvgIpc) is 2.41. The zero-order valence-electron chi connectivity index (χ0n) is 12.1. The molecule has 0 aliphatic carbocycles. The first-order valence-electron chi connectivity index (χ1n) is 6.79. The molecule has 0 saturated heterocycles. The van der Waals surface area contributed by atoms with E-state index in [4.69, 9.17) is 4.55 Å². The quantitative estimate of drug-likeness (QED) is 0.493. The van der Waals surface area contributed by atoms with Crippen molar-refractivity contribution in [3.05, 3.63) is 28.8 Å². The summed E-state index contributed by atoms with van der Waals surface area (Å²) in [5.74, 6) is -2.86. The van der Waals surface area contributed by atoms with Crippen molar-refractivity contribution in [2.24, 2.45) is 0 Å². The van der Waals surface area contributed by atoms with Crippen LogP contribution in [0.15, 0.2) is 17.0 Å². The highest BCUT2D eigenvalue weighted by Crippen LogP contribution is 2.24. The first kappa shape index (κ1) is 18.1. The summed E-state index contributed by atoms with van der Waals surface area (Å²) in [5.41, 5.74) is -0.753. The first-order valence-corrected chi connectivity index (χ1v) is 8.23. The molecule has 8 heteroatoms. The Morgan fingerprint density at radius 3 is 1.86 bits per heavy atom. The average molecular weight is 330 g/mol. The Bertz CT molecular complexity index is 641. The summed E-state index contributed by atoms with van der Waals surface area (Å²) in [4.78, 5) is 21.9. The molecule has 22 heavy (non-hydrogen) atoms. The van der Waals surface area contributed by atoms with E-state index in [1.54, 1.807) is 0 Å². The fourth-order valence-corrected chi connectivity index (χ4v) is 2.71. The van der Waals surface area contributed by atoms with E-state index < -0.39 is 38.1 Å². The van der Waals surface area contributed by atoms with Crippen LogP contribution < -0.4 is 0 Å². The topological polar surface area (TPSA) is 129 Å². The van der Waals surface area contributed by atoms with Crippen LogP contribution in [0.2, 0.25) is 0 Å². The lowest BCUT2D eigenvalue weighted by atomic mass is 9.95. The van der Waals surface area contributed by atoms with Gasteiger partial charge in [0.05, 0.1) is 16.0 Å². The highest BCUT2D eigenvalue weighted by molar-refractivity contribution is 7.85. The summed E-state index contributed by atoms with van der Waals surface area (Å²) in [5, 5.41) is 18.4. The highest BCUT2D eigenvalue weighted by atomic mass is 32.2. The molecule has 0 unspecified atom stereocenters. The van der Waals surface area contributed by atoms with E-state index in [-0.39, 0.29) is 12.0 Å². The van der Waals surface area contributed by atoms with Crippen molar-refractivity contribution in [2.75, 3.05) is 0 Å². The van der Waals surface area contributed by atoms with Crippen LogP contribution in [0.4, 0.5) is 0 Å². The number of aromatic carboxylic acids is 2. The van der Waals surface area contributed by atoms with Gasteiger partial charge in [0, 0.05) is 0 Å². The third kappa shape index (κ3) is 4.54. The van der Waals surface area contributed by atoms with E-state index in [0.717, 1.165) is 31.4 Å². The fourth-order valence-electron chi connectivity index (χ4n) is 2.17. The van der Waals surface area contributed by atoms with Crippen LogP contribution in [0.25, 0.3) is 0 Å². The van der Waals surface area contributed by atoms with Gasteiger partial charge in [-0.3, -0.25) is 4.55 Å². The van der Waals surface area contributed by atoms with Gasteiger partial charge in [-0.2, -0.15) is 8.42 Å². The summed E-state index contributed by atoms with van der Waals surface area (Å²) < 4.78 is 31.4. The maximum Gasteiger partial charge on any atom is 0.336 e. The van der Waals surface area contributed by atoms with Gasteiger partial charge in [0.2, 0.25) is 0 Å². The number of carboxylic acid groups (broad SMARTS) is 2. The molecule has 1 aromatic carbocycles. The number of unbranched alkanes of at least 4 members (excludes halogenated alkanes) is 3. The van der Waals surface area contributed by atoms with Crippen molar-refractivity contribution < 1.29 is 32.8 Å². The van der Waals surface area contributed by atoms with Crippen molar-refractivity contribution in [1.29, 1.82) is 0 Å². The third-order valence-corrected chi connectivity index (χ3v) is 4.09. The van der Waals surface area contributed by atoms with Gasteiger partial charge in [-0.25, -0.2) is 9.59 Å². The molecule has 0 spiro atoms. The molecule has 0 fully saturated rings. The summed E-state index contributed by atoms with van der Waals surface area (Å²) in [7, 11) is -4.69. The summed E-state index contributed by atoms with van der Waals surface area (Å²) in [6.07, 6.45) is 3.54. The predicted molar refractivity (Wildman–Crippen MR) is 78.0 cm³/mol. The molecule has 122 valence electrons. The highest BCUT2D eigenvalue weighted by Gasteiger charge is 2.23. The molecular formula is C14H18O7S. The lowest BCUT2D eigenvalue weighted by molar-refractivity contribution is 0.0695. The molecule has 3 N–H and O–H groups in total. The normalized spacial score (nSPS) is 11.4. The number of carboxylic acids is 2. The van der Waals surface area contributed by atoms with Crippen molar-refractivity contribution >= 4 is 22.1 Å². The fraction of sp³-hybridized carbons (Fsp3) is 0.429. The molecule has 0 radical (unpaired) electrons. The summed E-state index contributed by atoms with van der Waals surface area (Å²) in [6.45, 7) is 2.01. The predicted octanol–water partition coefficient (Wildman–Crippen LogP) is 2.45. The Balaban J connectivity index is 3.38. The molecule has 7 nitrogen and oxygen atoms in total. The van der Waals surface area contributed by atoms with E-state index in [9.17, 15) is 28.2 Å². The molecule has 1 aromatic rings. The van der Waals surface area contributed by atoms with Gasteiger partial charge in [0.1, 0.15) is 0 Å². The number of carbonyl (C=O) groups is 2. The molecule has 0 aromatic heterocycles. The SMILES string of the molecule is CCCCCCc1c(C(=O)O)cc(S(=O)(=O)O)cc1C(=O)O. The Morgan fingerprint density at radius 1 is 1.00 bits per heavy atom. The van der Waals surface area contributed by atoms with Crippen LogP contribution >= 0.6 is 0 Å². The van der Waals surface area contributed by atoms with Crippen LogP contribution in [-0.2, 0) is 16.5 Å². The molecule has 0 saturated carbocycles. The summed E-state index contributed by atoms with van der Waals surface area (Å²) >= 11 is 0. The van der Waals surface area contributed by atoms with Gasteiger partial charge in [0.15, 0.2) is 0 Å². The molecule has 0 aliphatic rings. The van der Waals surface area contributed by atoms with Crippen molar-refractivity contribution in [3.63, 3.8) is 0 Å². The van der Waals surface area contributed by atoms with E-state index in [1.165, 1.54) is 0 Å². The van der Waals surface area contributed by atoms with Crippen LogP contribution in [-0.4, -0.2) is 35.1 Å².